The summed E-state index contributed by atoms with van der Waals surface area (Å²) in [6, 6.07) is 18.3. The molecule has 0 fully saturated rings. The molecule has 5 heteroatoms. The largest absolute Gasteiger partial charge is 0.660 e. The summed E-state index contributed by atoms with van der Waals surface area (Å²) in [6.07, 6.45) is 5.02. The first-order valence-corrected chi connectivity index (χ1v) is 8.96. The summed E-state index contributed by atoms with van der Waals surface area (Å²) in [4.78, 5) is 14.2. The highest BCUT2D eigenvalue weighted by Gasteiger charge is 2.51. The number of hydrogen-bond acceptors (Lipinski definition) is 3. The van der Waals surface area contributed by atoms with Gasteiger partial charge in [-0.1, -0.05) is 41.4 Å². The molecule has 0 N–H and O–H groups in total. The van der Waals surface area contributed by atoms with E-state index in [9.17, 15) is 0 Å². The highest BCUT2D eigenvalue weighted by Crippen LogP contribution is 2.36. The fourth-order valence-electron chi connectivity index (χ4n) is 4.22. The molecule has 0 spiro atoms. The van der Waals surface area contributed by atoms with Crippen LogP contribution >= 0.6 is 0 Å². The van der Waals surface area contributed by atoms with Crippen LogP contribution in [0.5, 0.6) is 0 Å². The summed E-state index contributed by atoms with van der Waals surface area (Å²) in [5, 5.41) is 0. The Morgan fingerprint density at radius 2 is 1.38 bits per heavy atom. The van der Waals surface area contributed by atoms with Crippen LogP contribution in [0.2, 0.25) is 0 Å². The Hall–Kier alpha value is -2.79. The molecule has 0 atom stereocenters. The van der Waals surface area contributed by atoms with Crippen LogP contribution in [0.25, 0.3) is 5.47 Å². The van der Waals surface area contributed by atoms with E-state index in [0.29, 0.717) is 0 Å². The normalized spacial score (nSPS) is 17.3. The van der Waals surface area contributed by atoms with Crippen molar-refractivity contribution in [1.29, 1.82) is 0 Å². The molecular formula is C21H22BN3O. The monoisotopic (exact) mass is 343 g/mol. The van der Waals surface area contributed by atoms with E-state index >= 15 is 0 Å². The lowest BCUT2D eigenvalue weighted by atomic mass is 9.28. The third kappa shape index (κ3) is 2.56. The van der Waals surface area contributed by atoms with Crippen LogP contribution in [0.15, 0.2) is 78.8 Å². The fraction of sp³-hybridized carbons (Fsp3) is 0.190. The molecule has 26 heavy (non-hydrogen) atoms. The average Bonchev–Trinajstić information content (AvgIpc) is 2.71. The third-order valence-corrected chi connectivity index (χ3v) is 5.42. The van der Waals surface area contributed by atoms with Gasteiger partial charge in [-0.25, -0.2) is 0 Å². The maximum atomic E-state index is 4.77. The molecule has 0 saturated heterocycles. The van der Waals surface area contributed by atoms with Gasteiger partial charge in [-0.15, -0.1) is 0 Å². The molecular weight excluding hydrogens is 321 g/mol. The van der Waals surface area contributed by atoms with Crippen LogP contribution < -0.4 is 11.2 Å². The van der Waals surface area contributed by atoms with Gasteiger partial charge in [-0.3, -0.25) is 15.0 Å². The lowest BCUT2D eigenvalue weighted by molar-refractivity contribution is 0.0541. The zero-order chi connectivity index (χ0) is 18.0. The second kappa shape index (κ2) is 6.85. The summed E-state index contributed by atoms with van der Waals surface area (Å²) in [5.41, 5.74) is 5.53. The maximum Gasteiger partial charge on any atom is 0.413 e. The first-order chi connectivity index (χ1) is 12.7. The Bertz CT molecular complexity index is 874. The molecule has 1 aliphatic rings. The third-order valence-electron chi connectivity index (χ3n) is 5.42. The smallest absolute Gasteiger partial charge is 0.413 e. The van der Waals surface area contributed by atoms with Gasteiger partial charge in [0, 0.05) is 30.7 Å². The molecule has 130 valence electrons. The van der Waals surface area contributed by atoms with Gasteiger partial charge in [0.1, 0.15) is 6.61 Å². The molecule has 4 heterocycles. The van der Waals surface area contributed by atoms with Crippen molar-refractivity contribution in [1.82, 2.24) is 15.0 Å². The molecule has 3 aromatic rings. The van der Waals surface area contributed by atoms with Crippen molar-refractivity contribution in [2.24, 2.45) is 0 Å². The van der Waals surface area contributed by atoms with Crippen LogP contribution in [0.1, 0.15) is 19.0 Å². The van der Waals surface area contributed by atoms with Gasteiger partial charge in [0.25, 0.3) is 0 Å². The van der Waals surface area contributed by atoms with Gasteiger partial charge in [0.05, 0.1) is 7.11 Å². The molecule has 0 saturated carbocycles. The van der Waals surface area contributed by atoms with Crippen molar-refractivity contribution in [3.8, 4) is 0 Å². The van der Waals surface area contributed by atoms with Crippen molar-refractivity contribution in [3.05, 3.63) is 84.5 Å². The van der Waals surface area contributed by atoms with Gasteiger partial charge in [-0.05, 0) is 42.4 Å². The van der Waals surface area contributed by atoms with Crippen molar-refractivity contribution < 1.29 is 4.28 Å². The molecule has 0 aliphatic carbocycles. The highest BCUT2D eigenvalue weighted by atomic mass is 16.6. The zero-order valence-corrected chi connectivity index (χ0v) is 15.2. The summed E-state index contributed by atoms with van der Waals surface area (Å²) in [5.74, 6) is 0. The molecule has 0 amide bonds. The Labute approximate surface area is 154 Å². The first kappa shape index (κ1) is 16.7. The van der Waals surface area contributed by atoms with Gasteiger partial charge in [0.2, 0.25) is 0 Å². The molecule has 0 unspecified atom stereocenters. The minimum atomic E-state index is -1.53. The number of aromatic nitrogens is 3. The Balaban J connectivity index is 2.09. The van der Waals surface area contributed by atoms with Crippen LogP contribution in [0, 0.1) is 0 Å². The topological polar surface area (TPSA) is 41.4 Å². The lowest BCUT2D eigenvalue weighted by Gasteiger charge is -2.49. The maximum absolute atomic E-state index is 4.77. The Morgan fingerprint density at radius 3 is 1.88 bits per heavy atom. The standard InChI is InChI=1S/C21H22BN3O/c1-17-12-16-26(2)22(19-10-4-7-14-24-19,20-11-5-8-15-25-20)21(17)18-9-3-6-13-23-18/h3-11,13-15H,12,16H2,1-2H3. The Kier molecular flexibility index (Phi) is 4.39. The highest BCUT2D eigenvalue weighted by molar-refractivity contribution is 7.10. The van der Waals surface area contributed by atoms with Crippen molar-refractivity contribution in [2.45, 2.75) is 13.3 Å². The van der Waals surface area contributed by atoms with E-state index in [1.807, 2.05) is 55.0 Å². The summed E-state index contributed by atoms with van der Waals surface area (Å²) in [6.45, 7) is 3.09. The van der Waals surface area contributed by atoms with Crippen LogP contribution in [-0.2, 0) is 4.28 Å². The van der Waals surface area contributed by atoms with Gasteiger partial charge >= 0.3 is 6.35 Å². The molecule has 1 aliphatic heterocycles. The molecule has 0 bridgehead atoms. The van der Waals surface area contributed by atoms with Gasteiger partial charge in [0.15, 0.2) is 0 Å². The molecule has 3 aromatic heterocycles. The first-order valence-electron chi connectivity index (χ1n) is 8.96. The van der Waals surface area contributed by atoms with E-state index in [4.69, 9.17) is 15.0 Å². The van der Waals surface area contributed by atoms with E-state index in [0.717, 1.165) is 29.9 Å². The predicted octanol–water partition coefficient (Wildman–Crippen LogP) is 2.53. The van der Waals surface area contributed by atoms with Gasteiger partial charge < -0.3 is 4.28 Å². The van der Waals surface area contributed by atoms with Gasteiger partial charge in [-0.2, -0.15) is 0 Å². The summed E-state index contributed by atoms with van der Waals surface area (Å²) < 4.78 is 3.41. The van der Waals surface area contributed by atoms with E-state index in [1.54, 1.807) is 0 Å². The number of rotatable bonds is 3. The Morgan fingerprint density at radius 1 is 0.808 bits per heavy atom. The minimum Gasteiger partial charge on any atom is -0.660 e. The fourth-order valence-corrected chi connectivity index (χ4v) is 4.22. The van der Waals surface area contributed by atoms with Crippen molar-refractivity contribution in [3.63, 3.8) is 0 Å². The minimum absolute atomic E-state index is 0.884. The predicted molar refractivity (Wildman–Crippen MR) is 107 cm³/mol. The molecule has 4 rings (SSSR count). The van der Waals surface area contributed by atoms with E-state index in [2.05, 4.69) is 36.5 Å². The zero-order valence-electron chi connectivity index (χ0n) is 15.2. The quantitative estimate of drug-likeness (QED) is 0.542. The summed E-state index contributed by atoms with van der Waals surface area (Å²) in [7, 11) is 2.10. The van der Waals surface area contributed by atoms with Crippen LogP contribution in [0.3, 0.4) is 0 Å². The second-order valence-electron chi connectivity index (χ2n) is 6.85. The van der Waals surface area contributed by atoms with E-state index in [1.165, 1.54) is 11.0 Å². The van der Waals surface area contributed by atoms with E-state index < -0.39 is 6.35 Å². The van der Waals surface area contributed by atoms with Crippen molar-refractivity contribution >= 4 is 23.0 Å². The number of hydrogen-bond donors (Lipinski definition) is 0. The summed E-state index contributed by atoms with van der Waals surface area (Å²) >= 11 is 0. The van der Waals surface area contributed by atoms with Crippen molar-refractivity contribution in [2.75, 3.05) is 13.7 Å². The molecule has 0 radical (unpaired) electrons. The number of pyridine rings is 3. The second-order valence-corrected chi connectivity index (χ2v) is 6.85. The number of nitrogens with zero attached hydrogens (tertiary/aromatic N) is 3. The molecule has 0 aromatic carbocycles. The van der Waals surface area contributed by atoms with E-state index in [-0.39, 0.29) is 0 Å². The lowest BCUT2D eigenvalue weighted by Crippen LogP contribution is -2.69. The van der Waals surface area contributed by atoms with Crippen LogP contribution in [-0.4, -0.2) is 35.0 Å². The molecule has 4 nitrogen and oxygen atoms in total. The van der Waals surface area contributed by atoms with Crippen LogP contribution in [0.4, 0.5) is 0 Å². The SMILES string of the molecule is CC1=C(c2ccccn2)[B-](c2ccccn2)(c2ccccn2)[O+](C)CC1. The average molecular weight is 343 g/mol.